The van der Waals surface area contributed by atoms with Gasteiger partial charge in [0.2, 0.25) is 0 Å². The molecule has 118 valence electrons. The minimum Gasteiger partial charge on any atom is -0.394 e. The number of carbonyl (C=O) groups is 1. The maximum Gasteiger partial charge on any atom is 0.251 e. The van der Waals surface area contributed by atoms with Gasteiger partial charge >= 0.3 is 0 Å². The molecular formula is C18H17BrN2O2. The first-order chi connectivity index (χ1) is 11.2. The molecule has 0 radical (unpaired) electrons. The summed E-state index contributed by atoms with van der Waals surface area (Å²) in [6, 6.07) is 14.8. The fraction of sp³-hybridized carbons (Fsp3) is 0.167. The predicted molar refractivity (Wildman–Crippen MR) is 94.5 cm³/mol. The first-order valence-electron chi connectivity index (χ1n) is 7.39. The molecule has 0 spiro atoms. The second-order valence-electron chi connectivity index (χ2n) is 5.43. The van der Waals surface area contributed by atoms with Crippen LogP contribution in [0.2, 0.25) is 0 Å². The highest BCUT2D eigenvalue weighted by Gasteiger charge is 2.15. The molecule has 1 atom stereocenters. The summed E-state index contributed by atoms with van der Waals surface area (Å²) in [5, 5.41) is 13.6. The van der Waals surface area contributed by atoms with E-state index in [1.165, 1.54) is 0 Å². The number of H-pyrrole nitrogens is 1. The van der Waals surface area contributed by atoms with Gasteiger partial charge in [0.05, 0.1) is 12.6 Å². The van der Waals surface area contributed by atoms with Gasteiger partial charge in [-0.15, -0.1) is 0 Å². The molecule has 0 aliphatic rings. The Morgan fingerprint density at radius 2 is 2.04 bits per heavy atom. The largest absolute Gasteiger partial charge is 0.394 e. The highest BCUT2D eigenvalue weighted by atomic mass is 79.9. The molecule has 2 aromatic carbocycles. The van der Waals surface area contributed by atoms with Crippen molar-refractivity contribution in [1.82, 2.24) is 10.3 Å². The third kappa shape index (κ3) is 3.63. The smallest absolute Gasteiger partial charge is 0.251 e. The van der Waals surface area contributed by atoms with Crippen LogP contribution in [0.5, 0.6) is 0 Å². The van der Waals surface area contributed by atoms with E-state index >= 15 is 0 Å². The number of carbonyl (C=O) groups excluding carboxylic acids is 1. The zero-order valence-electron chi connectivity index (χ0n) is 12.4. The number of nitrogens with one attached hydrogen (secondary N) is 2. The summed E-state index contributed by atoms with van der Waals surface area (Å²) in [5.74, 6) is -0.190. The molecule has 3 aromatic rings. The molecule has 3 rings (SSSR count). The Bertz CT molecular complexity index is 829. The summed E-state index contributed by atoms with van der Waals surface area (Å²) in [5.41, 5.74) is 2.70. The highest BCUT2D eigenvalue weighted by molar-refractivity contribution is 9.10. The number of aliphatic hydroxyl groups excluding tert-OH is 1. The molecule has 1 aromatic heterocycles. The molecule has 23 heavy (non-hydrogen) atoms. The van der Waals surface area contributed by atoms with Crippen molar-refractivity contribution < 1.29 is 9.90 Å². The number of aliphatic hydroxyl groups is 1. The van der Waals surface area contributed by atoms with Crippen molar-refractivity contribution in [3.05, 3.63) is 70.3 Å². The predicted octanol–water partition coefficient (Wildman–Crippen LogP) is 3.26. The molecule has 0 bridgehead atoms. The quantitative estimate of drug-likeness (QED) is 0.643. The minimum atomic E-state index is -0.333. The molecule has 4 nitrogen and oxygen atoms in total. The molecule has 1 unspecified atom stereocenters. The van der Waals surface area contributed by atoms with Gasteiger partial charge in [-0.3, -0.25) is 4.79 Å². The lowest BCUT2D eigenvalue weighted by Gasteiger charge is -2.16. The lowest BCUT2D eigenvalue weighted by atomic mass is 10.0. The van der Waals surface area contributed by atoms with E-state index in [4.69, 9.17) is 0 Å². The van der Waals surface area contributed by atoms with E-state index in [2.05, 4.69) is 26.2 Å². The number of para-hydroxylation sites is 1. The van der Waals surface area contributed by atoms with Gasteiger partial charge in [-0.1, -0.05) is 40.2 Å². The summed E-state index contributed by atoms with van der Waals surface area (Å²) < 4.78 is 0.849. The summed E-state index contributed by atoms with van der Waals surface area (Å²) in [7, 11) is 0. The average molecular weight is 373 g/mol. The SMILES string of the molecule is O=C(NC(CO)Cc1c[nH]c2ccccc12)c1cccc(Br)c1. The summed E-state index contributed by atoms with van der Waals surface area (Å²) in [6.45, 7) is -0.112. The molecule has 3 N–H and O–H groups in total. The molecule has 5 heteroatoms. The van der Waals surface area contributed by atoms with Crippen molar-refractivity contribution in [1.29, 1.82) is 0 Å². The topological polar surface area (TPSA) is 65.1 Å². The molecule has 1 amide bonds. The van der Waals surface area contributed by atoms with Gasteiger partial charge in [-0.25, -0.2) is 0 Å². The van der Waals surface area contributed by atoms with Crippen LogP contribution in [0.1, 0.15) is 15.9 Å². The van der Waals surface area contributed by atoms with Crippen molar-refractivity contribution in [3.63, 3.8) is 0 Å². The normalized spacial score (nSPS) is 12.3. The van der Waals surface area contributed by atoms with Crippen LogP contribution in [0.3, 0.4) is 0 Å². The first-order valence-corrected chi connectivity index (χ1v) is 8.19. The zero-order valence-corrected chi connectivity index (χ0v) is 14.0. The monoisotopic (exact) mass is 372 g/mol. The van der Waals surface area contributed by atoms with E-state index in [-0.39, 0.29) is 18.6 Å². The van der Waals surface area contributed by atoms with Crippen molar-refractivity contribution in [3.8, 4) is 0 Å². The van der Waals surface area contributed by atoms with Crippen molar-refractivity contribution in [2.45, 2.75) is 12.5 Å². The van der Waals surface area contributed by atoms with E-state index < -0.39 is 0 Å². The third-order valence-electron chi connectivity index (χ3n) is 3.78. The Morgan fingerprint density at radius 3 is 2.83 bits per heavy atom. The first kappa shape index (κ1) is 15.8. The Balaban J connectivity index is 1.74. The summed E-state index contributed by atoms with van der Waals surface area (Å²) in [4.78, 5) is 15.5. The van der Waals surface area contributed by atoms with E-state index in [0.717, 1.165) is 20.9 Å². The van der Waals surface area contributed by atoms with Gasteiger partial charge in [-0.2, -0.15) is 0 Å². The molecule has 1 heterocycles. The van der Waals surface area contributed by atoms with Crippen molar-refractivity contribution in [2.24, 2.45) is 0 Å². The maximum atomic E-state index is 12.3. The van der Waals surface area contributed by atoms with Gasteiger partial charge in [0, 0.05) is 27.1 Å². The van der Waals surface area contributed by atoms with Crippen LogP contribution in [0.4, 0.5) is 0 Å². The Morgan fingerprint density at radius 1 is 1.22 bits per heavy atom. The zero-order chi connectivity index (χ0) is 16.2. The number of hydrogen-bond acceptors (Lipinski definition) is 2. The Labute approximate surface area is 142 Å². The number of halogens is 1. The standard InChI is InChI=1S/C18H17BrN2O2/c19-14-5-3-4-12(8-14)18(23)21-15(11-22)9-13-10-20-17-7-2-1-6-16(13)17/h1-8,10,15,20,22H,9,11H2,(H,21,23). The van der Waals surface area contributed by atoms with Crippen LogP contribution < -0.4 is 5.32 Å². The van der Waals surface area contributed by atoms with E-state index in [1.807, 2.05) is 42.6 Å². The number of amides is 1. The fourth-order valence-corrected chi connectivity index (χ4v) is 3.02. The number of fused-ring (bicyclic) bond motifs is 1. The van der Waals surface area contributed by atoms with Crippen LogP contribution in [0.25, 0.3) is 10.9 Å². The highest BCUT2D eigenvalue weighted by Crippen LogP contribution is 2.19. The van der Waals surface area contributed by atoms with Crippen LogP contribution >= 0.6 is 15.9 Å². The van der Waals surface area contributed by atoms with Gasteiger partial charge < -0.3 is 15.4 Å². The molecule has 0 aliphatic carbocycles. The van der Waals surface area contributed by atoms with E-state index in [0.29, 0.717) is 12.0 Å². The number of hydrogen-bond donors (Lipinski definition) is 3. The van der Waals surface area contributed by atoms with Crippen LogP contribution in [-0.2, 0) is 6.42 Å². The number of rotatable bonds is 5. The van der Waals surface area contributed by atoms with Crippen LogP contribution in [0, 0.1) is 0 Å². The number of aromatic nitrogens is 1. The molecule has 0 saturated carbocycles. The van der Waals surface area contributed by atoms with E-state index in [9.17, 15) is 9.90 Å². The van der Waals surface area contributed by atoms with Crippen LogP contribution in [0.15, 0.2) is 59.2 Å². The number of aromatic amines is 1. The average Bonchev–Trinajstić information content (AvgIpc) is 2.97. The van der Waals surface area contributed by atoms with Gasteiger partial charge in [-0.05, 0) is 36.2 Å². The van der Waals surface area contributed by atoms with Gasteiger partial charge in [0.1, 0.15) is 0 Å². The summed E-state index contributed by atoms with van der Waals surface area (Å²) >= 11 is 3.36. The second-order valence-corrected chi connectivity index (χ2v) is 6.34. The Kier molecular flexibility index (Phi) is 4.79. The van der Waals surface area contributed by atoms with Gasteiger partial charge in [0.25, 0.3) is 5.91 Å². The lowest BCUT2D eigenvalue weighted by molar-refractivity contribution is 0.0916. The van der Waals surface area contributed by atoms with Gasteiger partial charge in [0.15, 0.2) is 0 Å². The molecule has 0 aliphatic heterocycles. The van der Waals surface area contributed by atoms with Crippen molar-refractivity contribution in [2.75, 3.05) is 6.61 Å². The summed E-state index contributed by atoms with van der Waals surface area (Å²) in [6.07, 6.45) is 2.50. The Hall–Kier alpha value is -2.11. The molecule has 0 fully saturated rings. The third-order valence-corrected chi connectivity index (χ3v) is 4.28. The lowest BCUT2D eigenvalue weighted by Crippen LogP contribution is -2.39. The van der Waals surface area contributed by atoms with Crippen LogP contribution in [-0.4, -0.2) is 28.6 Å². The molecular weight excluding hydrogens is 356 g/mol. The number of benzene rings is 2. The fourth-order valence-electron chi connectivity index (χ4n) is 2.63. The minimum absolute atomic E-state index is 0.112. The molecule has 0 saturated heterocycles. The van der Waals surface area contributed by atoms with Crippen molar-refractivity contribution >= 4 is 32.7 Å². The van der Waals surface area contributed by atoms with E-state index in [1.54, 1.807) is 12.1 Å². The maximum absolute atomic E-state index is 12.3. The second kappa shape index (κ2) is 6.98.